The molecule has 1 aliphatic heterocycles. The van der Waals surface area contributed by atoms with Crippen molar-refractivity contribution in [3.8, 4) is 23.1 Å². The van der Waals surface area contributed by atoms with Gasteiger partial charge >= 0.3 is 0 Å². The van der Waals surface area contributed by atoms with Gasteiger partial charge < -0.3 is 0 Å². The first-order valence-corrected chi connectivity index (χ1v) is 12.0. The highest BCUT2D eigenvalue weighted by Crippen LogP contribution is 2.46. The number of hydrogen-bond acceptors (Lipinski definition) is 0. The summed E-state index contributed by atoms with van der Waals surface area (Å²) in [7, 11) is 0. The molecule has 0 saturated carbocycles. The Labute approximate surface area is 198 Å². The van der Waals surface area contributed by atoms with Crippen molar-refractivity contribution in [3.05, 3.63) is 95.6 Å². The van der Waals surface area contributed by atoms with Crippen molar-refractivity contribution in [2.24, 2.45) is 0 Å². The zero-order chi connectivity index (χ0) is 23.0. The standard InChI is InChI=1S/C32H31N/c1-5-7-17-33(18-8-6-2)21-29-23(3)19-25-13-9-11-15-27(25)31(29)32-28-16-12-10-14-26(28)20-24(4)30(32)22-33/h1,5,9-16,19-20H,6,8,18,21-22H2,2-4H3/q+2. The van der Waals surface area contributed by atoms with E-state index in [2.05, 4.69) is 93.4 Å². The Morgan fingerprint density at radius 1 is 0.848 bits per heavy atom. The minimum Gasteiger partial charge on any atom is -0.220 e. The third kappa shape index (κ3) is 3.63. The van der Waals surface area contributed by atoms with Crippen LogP contribution in [0.3, 0.4) is 0 Å². The Balaban J connectivity index is 1.96. The topological polar surface area (TPSA) is 0 Å². The van der Waals surface area contributed by atoms with E-state index in [1.807, 2.05) is 0 Å². The molecule has 4 aromatic carbocycles. The molecular weight excluding hydrogens is 398 g/mol. The van der Waals surface area contributed by atoms with Crippen LogP contribution in [0.2, 0.25) is 0 Å². The molecule has 1 heterocycles. The summed E-state index contributed by atoms with van der Waals surface area (Å²) < 4.78 is 0.722. The highest BCUT2D eigenvalue weighted by molar-refractivity contribution is 6.08. The molecule has 1 nitrogen and oxygen atoms in total. The summed E-state index contributed by atoms with van der Waals surface area (Å²) in [5.41, 5.74) is 8.33. The van der Waals surface area contributed by atoms with Gasteiger partial charge in [0, 0.05) is 11.1 Å². The summed E-state index contributed by atoms with van der Waals surface area (Å²) >= 11 is 0. The van der Waals surface area contributed by atoms with Crippen molar-refractivity contribution in [2.45, 2.75) is 46.7 Å². The second-order valence-corrected chi connectivity index (χ2v) is 9.50. The average Bonchev–Trinajstić information content (AvgIpc) is 2.98. The summed E-state index contributed by atoms with van der Waals surface area (Å²) in [6.07, 6.45) is 3.80. The van der Waals surface area contributed by atoms with Crippen LogP contribution in [0, 0.1) is 32.4 Å². The predicted octanol–water partition coefficient (Wildman–Crippen LogP) is 7.86. The van der Waals surface area contributed by atoms with E-state index >= 15 is 0 Å². The number of fused-ring (bicyclic) bond motifs is 7. The van der Waals surface area contributed by atoms with E-state index in [4.69, 9.17) is 6.58 Å². The Bertz CT molecular complexity index is 1350. The van der Waals surface area contributed by atoms with Crippen molar-refractivity contribution in [3.63, 3.8) is 0 Å². The molecule has 0 aromatic heterocycles. The lowest BCUT2D eigenvalue weighted by molar-refractivity contribution is -0.890. The second kappa shape index (κ2) is 8.49. The number of unbranched alkanes of at least 4 members (excludes halogenated alkanes) is 1. The molecule has 0 radical (unpaired) electrons. The first-order valence-electron chi connectivity index (χ1n) is 12.0. The zero-order valence-electron chi connectivity index (χ0n) is 19.9. The second-order valence-electron chi connectivity index (χ2n) is 9.50. The normalized spacial score (nSPS) is 14.1. The fourth-order valence-electron chi connectivity index (χ4n) is 5.63. The summed E-state index contributed by atoms with van der Waals surface area (Å²) in [6.45, 7) is 15.4. The highest BCUT2D eigenvalue weighted by atomic mass is 15.3. The minimum absolute atomic E-state index is 0.722. The van der Waals surface area contributed by atoms with Gasteiger partial charge in [-0.25, -0.2) is 4.48 Å². The minimum atomic E-state index is 0.722. The number of rotatable bonds is 3. The van der Waals surface area contributed by atoms with Crippen LogP contribution in [-0.4, -0.2) is 11.0 Å². The molecule has 0 N–H and O–H groups in total. The molecule has 0 fully saturated rings. The van der Waals surface area contributed by atoms with E-state index in [0.29, 0.717) is 0 Å². The molecule has 0 atom stereocenters. The van der Waals surface area contributed by atoms with E-state index in [1.54, 1.807) is 0 Å². The maximum Gasteiger partial charge on any atom is 0.267 e. The molecule has 0 amide bonds. The maximum atomic E-state index is 5.76. The van der Waals surface area contributed by atoms with Gasteiger partial charge in [-0.3, -0.25) is 0 Å². The summed E-state index contributed by atoms with van der Waals surface area (Å²) in [6, 6.07) is 26.0. The predicted molar refractivity (Wildman–Crippen MR) is 140 cm³/mol. The van der Waals surface area contributed by atoms with Crippen LogP contribution >= 0.6 is 0 Å². The van der Waals surface area contributed by atoms with Crippen molar-refractivity contribution in [2.75, 3.05) is 6.54 Å². The number of allylic oxidation sites excluding steroid dienone is 1. The van der Waals surface area contributed by atoms with Crippen LogP contribution in [0.5, 0.6) is 0 Å². The number of benzene rings is 4. The lowest BCUT2D eigenvalue weighted by Gasteiger charge is -2.30. The molecule has 0 unspecified atom stereocenters. The quantitative estimate of drug-likeness (QED) is 0.177. The Morgan fingerprint density at radius 2 is 1.36 bits per heavy atom. The lowest BCUT2D eigenvalue weighted by Crippen LogP contribution is -2.42. The molecule has 1 heteroatoms. The SMILES string of the molecule is [CH+]=CC#C[N+]1(CCCC)Cc2c(C)cc3ccccc3c2-c2c(c(C)cc3ccccc23)C1. The highest BCUT2D eigenvalue weighted by Gasteiger charge is 2.37. The molecule has 0 aliphatic carbocycles. The zero-order valence-corrected chi connectivity index (χ0v) is 19.9. The molecule has 0 spiro atoms. The fraction of sp³-hybridized carbons (Fsp3) is 0.250. The van der Waals surface area contributed by atoms with Gasteiger partial charge in [-0.1, -0.05) is 74.0 Å². The van der Waals surface area contributed by atoms with Crippen molar-refractivity contribution in [1.82, 2.24) is 0 Å². The Morgan fingerprint density at radius 3 is 1.85 bits per heavy atom. The van der Waals surface area contributed by atoms with Gasteiger partial charge in [0.15, 0.2) is 0 Å². The first kappa shape index (κ1) is 21.4. The average molecular weight is 430 g/mol. The molecule has 33 heavy (non-hydrogen) atoms. The van der Waals surface area contributed by atoms with Gasteiger partial charge in [0.05, 0.1) is 13.1 Å². The molecule has 162 valence electrons. The van der Waals surface area contributed by atoms with E-state index in [0.717, 1.165) is 37.0 Å². The van der Waals surface area contributed by atoms with E-state index in [1.165, 1.54) is 61.0 Å². The van der Waals surface area contributed by atoms with Gasteiger partial charge in [0.1, 0.15) is 13.1 Å². The van der Waals surface area contributed by atoms with Crippen LogP contribution in [0.4, 0.5) is 0 Å². The molecule has 0 bridgehead atoms. The van der Waals surface area contributed by atoms with Gasteiger partial charge in [-0.2, -0.15) is 0 Å². The monoisotopic (exact) mass is 429 g/mol. The first-order chi connectivity index (χ1) is 16.1. The molecule has 1 aliphatic rings. The lowest BCUT2D eigenvalue weighted by atomic mass is 9.85. The Kier molecular flexibility index (Phi) is 5.51. The molecule has 0 saturated heterocycles. The van der Waals surface area contributed by atoms with Crippen molar-refractivity contribution in [1.29, 1.82) is 0 Å². The third-order valence-corrected chi connectivity index (χ3v) is 7.26. The van der Waals surface area contributed by atoms with Crippen molar-refractivity contribution < 1.29 is 4.48 Å². The van der Waals surface area contributed by atoms with E-state index in [9.17, 15) is 0 Å². The number of aryl methyl sites for hydroxylation is 2. The molecule has 5 rings (SSSR count). The summed E-state index contributed by atoms with van der Waals surface area (Å²) in [5, 5.41) is 5.29. The number of hydrogen-bond donors (Lipinski definition) is 0. The largest absolute Gasteiger partial charge is 0.267 e. The van der Waals surface area contributed by atoms with E-state index in [-0.39, 0.29) is 0 Å². The van der Waals surface area contributed by atoms with E-state index < -0.39 is 0 Å². The van der Waals surface area contributed by atoms with Gasteiger partial charge in [-0.05, 0) is 64.1 Å². The van der Waals surface area contributed by atoms with Crippen LogP contribution in [0.15, 0.2) is 66.7 Å². The summed E-state index contributed by atoms with van der Waals surface area (Å²) in [4.78, 5) is 0. The third-order valence-electron chi connectivity index (χ3n) is 7.26. The van der Waals surface area contributed by atoms with Gasteiger partial charge in [0.2, 0.25) is 12.0 Å². The maximum absolute atomic E-state index is 5.76. The van der Waals surface area contributed by atoms with Gasteiger partial charge in [-0.15, -0.1) is 0 Å². The smallest absolute Gasteiger partial charge is 0.220 e. The molecular formula is C32H31N+2. The fourth-order valence-corrected chi connectivity index (χ4v) is 5.63. The summed E-state index contributed by atoms with van der Waals surface area (Å²) in [5.74, 6) is 3.15. The van der Waals surface area contributed by atoms with Crippen LogP contribution in [-0.2, 0) is 13.1 Å². The van der Waals surface area contributed by atoms with Crippen LogP contribution in [0.25, 0.3) is 32.7 Å². The van der Waals surface area contributed by atoms with Crippen LogP contribution < -0.4 is 0 Å². The Hall–Kier alpha value is -3.43. The number of nitrogens with zero attached hydrogens (tertiary/aromatic N) is 1. The van der Waals surface area contributed by atoms with Crippen molar-refractivity contribution >= 4 is 21.5 Å². The molecule has 4 aromatic rings. The van der Waals surface area contributed by atoms with Gasteiger partial charge in [0.25, 0.3) is 6.04 Å². The number of quaternary nitrogens is 1. The van der Waals surface area contributed by atoms with Crippen LogP contribution in [0.1, 0.15) is 42.0 Å².